The van der Waals surface area contributed by atoms with Crippen molar-refractivity contribution in [2.75, 3.05) is 0 Å². The Kier molecular flexibility index (Phi) is 10.9. The molecule has 0 radical (unpaired) electrons. The van der Waals surface area contributed by atoms with Crippen LogP contribution >= 0.6 is 61.5 Å². The van der Waals surface area contributed by atoms with E-state index < -0.39 is 33.5 Å². The van der Waals surface area contributed by atoms with Crippen LogP contribution in [0.1, 0.15) is 0 Å². The molecule has 0 bridgehead atoms. The summed E-state index contributed by atoms with van der Waals surface area (Å²) in [6.45, 7) is 0. The molecule has 0 rings (SSSR count). The van der Waals surface area contributed by atoms with Gasteiger partial charge in [0.15, 0.2) is 0 Å². The van der Waals surface area contributed by atoms with Gasteiger partial charge in [0.1, 0.15) is 0 Å². The van der Waals surface area contributed by atoms with Crippen molar-refractivity contribution in [3.63, 3.8) is 0 Å². The first kappa shape index (κ1) is 18.5. The predicted octanol–water partition coefficient (Wildman–Crippen LogP) is 2.16. The fraction of sp³-hybridized carbons (Fsp3) is 0. The second-order valence-electron chi connectivity index (χ2n) is 1.40. The fourth-order valence-corrected chi connectivity index (χ4v) is 14.7. The van der Waals surface area contributed by atoms with Gasteiger partial charge in [0, 0.05) is 0 Å². The number of hydrogen-bond acceptors (Lipinski definition) is 12. The first-order chi connectivity index (χ1) is 7.21. The third-order valence-electron chi connectivity index (χ3n) is 0.366. The van der Waals surface area contributed by atoms with Gasteiger partial charge in [0.05, 0.1) is 0 Å². The normalized spacial score (nSPS) is 12.9. The first-order valence-electron chi connectivity index (χ1n) is 2.53. The molecular weight excluding hydrogens is 512 g/mol. The molecule has 98 valence electrons. The van der Waals surface area contributed by atoms with Gasteiger partial charge in [-0.2, -0.15) is 0 Å². The van der Waals surface area contributed by atoms with Crippen molar-refractivity contribution in [1.29, 1.82) is 0 Å². The van der Waals surface area contributed by atoms with E-state index in [1.165, 1.54) is 0 Å². The van der Waals surface area contributed by atoms with Crippen molar-refractivity contribution in [2.24, 2.45) is 0 Å². The standard InChI is InChI=1S/2Mo.H2O2S6.2H2O.4O/c;;1-3-5-7-8-6-4-2;;;;;;/h;;1-2H;2*1H2;;;;/q2*+2;;;;;;;/p-4. The third kappa shape index (κ3) is 16.5. The molecular formula is H2Mo2O8S6. The number of rotatable bonds is 9. The Balaban J connectivity index is 3.29. The molecule has 0 aromatic heterocycles. The minimum absolute atomic E-state index is 0.468. The molecule has 0 heterocycles. The van der Waals surface area contributed by atoms with Crippen LogP contribution in [0.25, 0.3) is 0 Å². The molecule has 16 heteroatoms. The summed E-state index contributed by atoms with van der Waals surface area (Å²) in [7, 11) is 3.92. The SMILES string of the molecule is [O]=[Mo](=[O])([OH])[O]SSSSSS[O][Mo](=[O])(=[O])[OH]. The fourth-order valence-electron chi connectivity index (χ4n) is 0.138. The summed E-state index contributed by atoms with van der Waals surface area (Å²) in [5.41, 5.74) is 0. The van der Waals surface area contributed by atoms with Crippen LogP contribution in [-0.4, -0.2) is 7.52 Å². The summed E-state index contributed by atoms with van der Waals surface area (Å²) in [4.78, 5) is 0. The van der Waals surface area contributed by atoms with Crippen LogP contribution < -0.4 is 0 Å². The van der Waals surface area contributed by atoms with Crippen molar-refractivity contribution in [1.82, 2.24) is 0 Å². The molecule has 0 spiro atoms. The molecule has 0 aromatic rings. The maximum absolute atomic E-state index is 10.1. The molecule has 0 saturated carbocycles. The van der Waals surface area contributed by atoms with Gasteiger partial charge >= 0.3 is 122 Å². The van der Waals surface area contributed by atoms with Crippen LogP contribution in [0, 0.1) is 0 Å². The van der Waals surface area contributed by atoms with E-state index in [0.29, 0.717) is 22.1 Å². The summed E-state index contributed by atoms with van der Waals surface area (Å²) in [5.74, 6) is 0. The van der Waals surface area contributed by atoms with Gasteiger partial charge in [-0.1, -0.05) is 0 Å². The second-order valence-corrected chi connectivity index (χ2v) is 16.0. The molecule has 0 unspecified atom stereocenters. The van der Waals surface area contributed by atoms with Crippen LogP contribution in [0.3, 0.4) is 0 Å². The zero-order valence-electron chi connectivity index (χ0n) is 6.61. The minimum atomic E-state index is -5.46. The third-order valence-corrected chi connectivity index (χ3v) is 14.3. The summed E-state index contributed by atoms with van der Waals surface area (Å²) >= 11 is -9.98. The van der Waals surface area contributed by atoms with E-state index in [-0.39, 0.29) is 0 Å². The van der Waals surface area contributed by atoms with Gasteiger partial charge < -0.3 is 0 Å². The number of hydrogen-bond donors (Lipinski definition) is 2. The van der Waals surface area contributed by atoms with E-state index in [2.05, 4.69) is 5.67 Å². The summed E-state index contributed by atoms with van der Waals surface area (Å²) in [5, 5.41) is 0. The summed E-state index contributed by atoms with van der Waals surface area (Å²) in [6.07, 6.45) is 0. The average Bonchev–Trinajstić information content (AvgIpc) is 2.06. The molecule has 0 amide bonds. The Morgan fingerprint density at radius 2 is 1.00 bits per heavy atom. The zero-order chi connectivity index (χ0) is 12.7. The van der Waals surface area contributed by atoms with Crippen LogP contribution in [0.5, 0.6) is 0 Å². The Bertz CT molecular complexity index is 331. The van der Waals surface area contributed by atoms with Crippen molar-refractivity contribution in [3.05, 3.63) is 0 Å². The second kappa shape index (κ2) is 9.43. The summed E-state index contributed by atoms with van der Waals surface area (Å²) < 4.78 is 65.0. The zero-order valence-corrected chi connectivity index (χ0v) is 15.5. The van der Waals surface area contributed by atoms with E-state index in [1.807, 2.05) is 0 Å². The molecule has 0 aromatic carbocycles. The summed E-state index contributed by atoms with van der Waals surface area (Å²) in [6, 6.07) is 0. The van der Waals surface area contributed by atoms with E-state index in [0.717, 1.165) is 39.3 Å². The topological polar surface area (TPSA) is 127 Å². The average molecular weight is 514 g/mol. The predicted molar refractivity (Wildman–Crippen MR) is 54.9 cm³/mol. The van der Waals surface area contributed by atoms with Crippen molar-refractivity contribution >= 4 is 61.5 Å². The Labute approximate surface area is 120 Å². The van der Waals surface area contributed by atoms with Gasteiger partial charge in [-0.3, -0.25) is 0 Å². The van der Waals surface area contributed by atoms with Gasteiger partial charge in [0.2, 0.25) is 0 Å². The van der Waals surface area contributed by atoms with Crippen LogP contribution in [0.15, 0.2) is 0 Å². The monoisotopic (exact) mass is 518 g/mol. The molecule has 0 fully saturated rings. The quantitative estimate of drug-likeness (QED) is 0.202. The molecule has 0 saturated heterocycles. The van der Waals surface area contributed by atoms with Crippen molar-refractivity contribution in [2.45, 2.75) is 0 Å². The molecule has 2 N–H and O–H groups in total. The van der Waals surface area contributed by atoms with E-state index in [4.69, 9.17) is 7.52 Å². The molecule has 0 atom stereocenters. The molecule has 8 nitrogen and oxygen atoms in total. The van der Waals surface area contributed by atoms with Crippen molar-refractivity contribution < 1.29 is 60.3 Å². The van der Waals surface area contributed by atoms with E-state index in [1.54, 1.807) is 0 Å². The Morgan fingerprint density at radius 3 is 1.25 bits per heavy atom. The molecule has 0 aliphatic heterocycles. The van der Waals surface area contributed by atoms with Gasteiger partial charge in [-0.05, 0) is 0 Å². The Morgan fingerprint density at radius 1 is 0.688 bits per heavy atom. The van der Waals surface area contributed by atoms with E-state index >= 15 is 0 Å². The first-order valence-corrected chi connectivity index (χ1v) is 16.6. The maximum atomic E-state index is 10.1. The van der Waals surface area contributed by atoms with Gasteiger partial charge in [0.25, 0.3) is 0 Å². The van der Waals surface area contributed by atoms with Crippen LogP contribution in [0.4, 0.5) is 0 Å². The van der Waals surface area contributed by atoms with E-state index in [9.17, 15) is 13.6 Å². The molecule has 0 aliphatic carbocycles. The molecule has 16 heavy (non-hydrogen) atoms. The Hall–Kier alpha value is 2.52. The van der Waals surface area contributed by atoms with Crippen LogP contribution in [-0.2, 0) is 52.8 Å². The van der Waals surface area contributed by atoms with Gasteiger partial charge in [-0.25, -0.2) is 0 Å². The van der Waals surface area contributed by atoms with Crippen molar-refractivity contribution in [3.8, 4) is 0 Å². The van der Waals surface area contributed by atoms with Crippen LogP contribution in [0.2, 0.25) is 0 Å². The molecule has 0 aliphatic rings. The van der Waals surface area contributed by atoms with Gasteiger partial charge in [-0.15, -0.1) is 0 Å².